The summed E-state index contributed by atoms with van der Waals surface area (Å²) >= 11 is 0. The predicted octanol–water partition coefficient (Wildman–Crippen LogP) is 1.78. The number of carbonyl (C=O) groups is 3. The van der Waals surface area contributed by atoms with E-state index >= 15 is 0 Å². The molecule has 7 heteroatoms. The van der Waals surface area contributed by atoms with Crippen LogP contribution in [0.25, 0.3) is 0 Å². The zero-order valence-electron chi connectivity index (χ0n) is 13.5. The second-order valence-electron chi connectivity index (χ2n) is 5.39. The van der Waals surface area contributed by atoms with E-state index < -0.39 is 17.7 Å². The average Bonchev–Trinajstić information content (AvgIpc) is 2.24. The Hall–Kier alpha value is -2.05. The first-order valence-corrected chi connectivity index (χ1v) is 6.66. The van der Waals surface area contributed by atoms with E-state index in [1.54, 1.807) is 34.6 Å². The number of hydrogen-bond acceptors (Lipinski definition) is 5. The smallest absolute Gasteiger partial charge is 0.411 e. The van der Waals surface area contributed by atoms with Crippen molar-refractivity contribution in [2.45, 2.75) is 47.1 Å². The number of amides is 2. The van der Waals surface area contributed by atoms with Gasteiger partial charge < -0.3 is 14.4 Å². The highest BCUT2D eigenvalue weighted by molar-refractivity contribution is 5.81. The summed E-state index contributed by atoms with van der Waals surface area (Å²) in [5.74, 6) is -0.859. The lowest BCUT2D eigenvalue weighted by Crippen LogP contribution is -2.34. The van der Waals surface area contributed by atoms with Crippen LogP contribution in [0.4, 0.5) is 4.79 Å². The van der Waals surface area contributed by atoms with Gasteiger partial charge in [0, 0.05) is 18.8 Å². The molecule has 0 aliphatic heterocycles. The first-order chi connectivity index (χ1) is 9.55. The average molecular weight is 300 g/mol. The fourth-order valence-corrected chi connectivity index (χ4v) is 1.32. The number of rotatable bonds is 5. The maximum atomic E-state index is 11.6. The first kappa shape index (κ1) is 18.9. The molecule has 0 radical (unpaired) electrons. The molecule has 0 aliphatic rings. The highest BCUT2D eigenvalue weighted by atomic mass is 16.6. The third kappa shape index (κ3) is 9.48. The molecule has 2 amide bonds. The van der Waals surface area contributed by atoms with Gasteiger partial charge in [-0.25, -0.2) is 4.79 Å². The van der Waals surface area contributed by atoms with Gasteiger partial charge in [-0.15, -0.1) is 0 Å². The van der Waals surface area contributed by atoms with Crippen LogP contribution in [0.3, 0.4) is 0 Å². The van der Waals surface area contributed by atoms with Crippen molar-refractivity contribution in [1.29, 1.82) is 0 Å². The Morgan fingerprint density at radius 3 is 2.19 bits per heavy atom. The highest BCUT2D eigenvalue weighted by Crippen LogP contribution is 2.07. The van der Waals surface area contributed by atoms with Crippen LogP contribution in [-0.2, 0) is 19.1 Å². The minimum atomic E-state index is -0.629. The monoisotopic (exact) mass is 300 g/mol. The van der Waals surface area contributed by atoms with Crippen LogP contribution in [-0.4, -0.2) is 41.6 Å². The lowest BCUT2D eigenvalue weighted by Gasteiger charge is -2.21. The SMILES string of the molecule is CCOC(=O)CN(/C=C(\C)NC(=O)OC(C)(C)C)C(C)=O. The van der Waals surface area contributed by atoms with Crippen LogP contribution in [0, 0.1) is 0 Å². The fraction of sp³-hybridized carbons (Fsp3) is 0.643. The second-order valence-corrected chi connectivity index (χ2v) is 5.39. The molecule has 0 saturated carbocycles. The van der Waals surface area contributed by atoms with Gasteiger partial charge in [0.1, 0.15) is 12.1 Å². The molecule has 1 N–H and O–H groups in total. The molecule has 0 saturated heterocycles. The molecule has 0 unspecified atom stereocenters. The van der Waals surface area contributed by atoms with Crippen molar-refractivity contribution >= 4 is 18.0 Å². The van der Waals surface area contributed by atoms with Gasteiger partial charge in [0.25, 0.3) is 0 Å². The number of hydrogen-bond donors (Lipinski definition) is 1. The molecule has 0 aromatic rings. The van der Waals surface area contributed by atoms with E-state index in [4.69, 9.17) is 9.47 Å². The normalized spacial score (nSPS) is 11.6. The number of carbonyl (C=O) groups excluding carboxylic acids is 3. The van der Waals surface area contributed by atoms with Crippen molar-refractivity contribution in [2.24, 2.45) is 0 Å². The Morgan fingerprint density at radius 2 is 1.76 bits per heavy atom. The van der Waals surface area contributed by atoms with E-state index in [0.717, 1.165) is 4.90 Å². The van der Waals surface area contributed by atoms with Gasteiger partial charge in [-0.2, -0.15) is 0 Å². The van der Waals surface area contributed by atoms with Crippen molar-refractivity contribution in [2.75, 3.05) is 13.2 Å². The van der Waals surface area contributed by atoms with Gasteiger partial charge >= 0.3 is 12.1 Å². The Kier molecular flexibility index (Phi) is 7.48. The lowest BCUT2D eigenvalue weighted by molar-refractivity contribution is -0.146. The van der Waals surface area contributed by atoms with Crippen LogP contribution in [0.1, 0.15) is 41.5 Å². The topological polar surface area (TPSA) is 84.9 Å². The van der Waals surface area contributed by atoms with Crippen LogP contribution in [0.15, 0.2) is 11.9 Å². The summed E-state index contributed by atoms with van der Waals surface area (Å²) in [4.78, 5) is 35.6. The number of nitrogens with zero attached hydrogens (tertiary/aromatic N) is 1. The minimum Gasteiger partial charge on any atom is -0.465 e. The van der Waals surface area contributed by atoms with Crippen molar-refractivity contribution in [3.8, 4) is 0 Å². The summed E-state index contributed by atoms with van der Waals surface area (Å²) in [7, 11) is 0. The van der Waals surface area contributed by atoms with Crippen LogP contribution in [0.5, 0.6) is 0 Å². The number of ether oxygens (including phenoxy) is 2. The van der Waals surface area contributed by atoms with Gasteiger partial charge in [-0.3, -0.25) is 14.9 Å². The Bertz CT molecular complexity index is 424. The molecule has 0 aromatic heterocycles. The highest BCUT2D eigenvalue weighted by Gasteiger charge is 2.17. The molecule has 0 fully saturated rings. The molecule has 0 bridgehead atoms. The van der Waals surface area contributed by atoms with Crippen molar-refractivity contribution in [3.05, 3.63) is 11.9 Å². The fourth-order valence-electron chi connectivity index (χ4n) is 1.32. The number of allylic oxidation sites excluding steroid dienone is 1. The molecule has 120 valence electrons. The molecule has 21 heavy (non-hydrogen) atoms. The molecule has 0 atom stereocenters. The molecule has 7 nitrogen and oxygen atoms in total. The van der Waals surface area contributed by atoms with Crippen molar-refractivity contribution in [3.63, 3.8) is 0 Å². The third-order valence-electron chi connectivity index (χ3n) is 2.06. The second kappa shape index (κ2) is 8.28. The molecule has 0 heterocycles. The Labute approximate surface area is 125 Å². The molecular weight excluding hydrogens is 276 g/mol. The number of nitrogens with one attached hydrogen (secondary N) is 1. The maximum Gasteiger partial charge on any atom is 0.411 e. The summed E-state index contributed by atoms with van der Waals surface area (Å²) in [5.41, 5.74) is -0.237. The van der Waals surface area contributed by atoms with Gasteiger partial charge in [0.15, 0.2) is 0 Å². The van der Waals surface area contributed by atoms with Crippen LogP contribution < -0.4 is 5.32 Å². The lowest BCUT2D eigenvalue weighted by atomic mass is 10.2. The molecule has 0 spiro atoms. The molecule has 0 rings (SSSR count). The summed E-state index contributed by atoms with van der Waals surface area (Å²) in [6.45, 7) is 9.85. The zero-order valence-corrected chi connectivity index (χ0v) is 13.5. The Morgan fingerprint density at radius 1 is 1.19 bits per heavy atom. The minimum absolute atomic E-state index is 0.212. The first-order valence-electron chi connectivity index (χ1n) is 6.66. The van der Waals surface area contributed by atoms with Gasteiger partial charge in [-0.05, 0) is 34.6 Å². The number of esters is 1. The van der Waals surface area contributed by atoms with E-state index in [-0.39, 0.29) is 19.1 Å². The standard InChI is InChI=1S/C14H24N2O5/c1-7-20-12(18)9-16(11(3)17)8-10(2)15-13(19)21-14(4,5)6/h8H,7,9H2,1-6H3,(H,15,19)/b10-8+. The molecule has 0 aromatic carbocycles. The zero-order chi connectivity index (χ0) is 16.6. The third-order valence-corrected chi connectivity index (χ3v) is 2.06. The van der Waals surface area contributed by atoms with Gasteiger partial charge in [0.2, 0.25) is 5.91 Å². The quantitative estimate of drug-likeness (QED) is 0.782. The largest absolute Gasteiger partial charge is 0.465 e. The van der Waals surface area contributed by atoms with Gasteiger partial charge in [0.05, 0.1) is 6.61 Å². The van der Waals surface area contributed by atoms with E-state index in [1.807, 2.05) is 0 Å². The molecule has 0 aliphatic carbocycles. The maximum absolute atomic E-state index is 11.6. The summed E-state index contributed by atoms with van der Waals surface area (Å²) in [6, 6.07) is 0. The van der Waals surface area contributed by atoms with E-state index in [9.17, 15) is 14.4 Å². The number of alkyl carbamates (subject to hydrolysis) is 1. The summed E-state index contributed by atoms with van der Waals surface area (Å²) in [5, 5.41) is 2.48. The van der Waals surface area contributed by atoms with E-state index in [2.05, 4.69) is 5.32 Å². The van der Waals surface area contributed by atoms with Crippen molar-refractivity contribution in [1.82, 2.24) is 10.2 Å². The summed E-state index contributed by atoms with van der Waals surface area (Å²) in [6.07, 6.45) is 0.735. The van der Waals surface area contributed by atoms with E-state index in [0.29, 0.717) is 5.70 Å². The van der Waals surface area contributed by atoms with Gasteiger partial charge in [-0.1, -0.05) is 0 Å². The predicted molar refractivity (Wildman–Crippen MR) is 77.1 cm³/mol. The van der Waals surface area contributed by atoms with Crippen LogP contribution in [0.2, 0.25) is 0 Å². The van der Waals surface area contributed by atoms with Crippen molar-refractivity contribution < 1.29 is 23.9 Å². The Balaban J connectivity index is 4.69. The summed E-state index contributed by atoms with van der Waals surface area (Å²) < 4.78 is 9.86. The van der Waals surface area contributed by atoms with Crippen LogP contribution >= 0.6 is 0 Å². The van der Waals surface area contributed by atoms with E-state index in [1.165, 1.54) is 13.1 Å². The molecular formula is C14H24N2O5.